The Labute approximate surface area is 185 Å². The zero-order valence-corrected chi connectivity index (χ0v) is 17.6. The number of pyridine rings is 1. The monoisotopic (exact) mass is 424 g/mol. The second-order valence-corrected chi connectivity index (χ2v) is 7.88. The van der Waals surface area contributed by atoms with Gasteiger partial charge in [0, 0.05) is 30.4 Å². The van der Waals surface area contributed by atoms with Gasteiger partial charge in [0.1, 0.15) is 5.75 Å². The van der Waals surface area contributed by atoms with E-state index in [9.17, 15) is 9.18 Å². The van der Waals surface area contributed by atoms with E-state index in [4.69, 9.17) is 4.74 Å². The van der Waals surface area contributed by atoms with E-state index in [1.165, 1.54) is 6.07 Å². The highest BCUT2D eigenvalue weighted by atomic mass is 19.1. The Balaban J connectivity index is 1.32. The van der Waals surface area contributed by atoms with Crippen LogP contribution in [0.1, 0.15) is 27.0 Å². The average molecular weight is 424 g/mol. The number of nitrogens with zero attached hydrogens (tertiary/aromatic N) is 2. The first-order chi connectivity index (χ1) is 15.6. The van der Waals surface area contributed by atoms with Crippen LogP contribution in [0.5, 0.6) is 11.5 Å². The lowest BCUT2D eigenvalue weighted by atomic mass is 9.98. The average Bonchev–Trinajstić information content (AvgIpc) is 3.12. The SMILES string of the molecule is Cc1cc(-c2ccccn2)cc2c1C(=O)N(Cc1ccc(Oc3ccccc3F)cc1)C2. The van der Waals surface area contributed by atoms with Crippen LogP contribution >= 0.6 is 0 Å². The van der Waals surface area contributed by atoms with Crippen LogP contribution < -0.4 is 4.74 Å². The van der Waals surface area contributed by atoms with Crippen molar-refractivity contribution >= 4 is 5.91 Å². The third kappa shape index (κ3) is 3.85. The summed E-state index contributed by atoms with van der Waals surface area (Å²) in [6.07, 6.45) is 1.77. The highest BCUT2D eigenvalue weighted by Crippen LogP contribution is 2.32. The highest BCUT2D eigenvalue weighted by Gasteiger charge is 2.29. The summed E-state index contributed by atoms with van der Waals surface area (Å²) in [7, 11) is 0. The molecule has 3 aromatic carbocycles. The fourth-order valence-corrected chi connectivity index (χ4v) is 4.07. The van der Waals surface area contributed by atoms with Gasteiger partial charge in [0.05, 0.1) is 5.69 Å². The van der Waals surface area contributed by atoms with Crippen molar-refractivity contribution in [3.63, 3.8) is 0 Å². The first-order valence-electron chi connectivity index (χ1n) is 10.4. The summed E-state index contributed by atoms with van der Waals surface area (Å²) < 4.78 is 19.4. The lowest BCUT2D eigenvalue weighted by Gasteiger charge is -2.16. The van der Waals surface area contributed by atoms with Crippen molar-refractivity contribution in [1.82, 2.24) is 9.88 Å². The minimum absolute atomic E-state index is 0.0387. The quantitative estimate of drug-likeness (QED) is 0.386. The van der Waals surface area contributed by atoms with Crippen molar-refractivity contribution in [3.05, 3.63) is 113 Å². The van der Waals surface area contributed by atoms with Crippen LogP contribution in [-0.4, -0.2) is 15.8 Å². The molecule has 0 N–H and O–H groups in total. The molecule has 0 radical (unpaired) electrons. The van der Waals surface area contributed by atoms with Crippen molar-refractivity contribution in [2.45, 2.75) is 20.0 Å². The zero-order chi connectivity index (χ0) is 22.1. The van der Waals surface area contributed by atoms with Gasteiger partial charge in [0.2, 0.25) is 0 Å². The van der Waals surface area contributed by atoms with E-state index in [1.807, 2.05) is 48.2 Å². The van der Waals surface area contributed by atoms with Gasteiger partial charge in [-0.15, -0.1) is 0 Å². The Morgan fingerprint density at radius 3 is 2.53 bits per heavy atom. The van der Waals surface area contributed by atoms with E-state index in [2.05, 4.69) is 11.1 Å². The number of carbonyl (C=O) groups excluding carboxylic acids is 1. The van der Waals surface area contributed by atoms with Crippen LogP contribution in [0.2, 0.25) is 0 Å². The number of amides is 1. The molecule has 1 aliphatic rings. The lowest BCUT2D eigenvalue weighted by Crippen LogP contribution is -2.23. The summed E-state index contributed by atoms with van der Waals surface area (Å²) >= 11 is 0. The van der Waals surface area contributed by atoms with Gasteiger partial charge in [0.15, 0.2) is 11.6 Å². The van der Waals surface area contributed by atoms with Gasteiger partial charge in [-0.1, -0.05) is 30.3 Å². The van der Waals surface area contributed by atoms with E-state index in [1.54, 1.807) is 36.5 Å². The van der Waals surface area contributed by atoms with Gasteiger partial charge in [-0.25, -0.2) is 4.39 Å². The molecule has 1 aliphatic heterocycles. The summed E-state index contributed by atoms with van der Waals surface area (Å²) in [5, 5.41) is 0. The number of para-hydroxylation sites is 1. The molecule has 32 heavy (non-hydrogen) atoms. The molecule has 0 bridgehead atoms. The number of carbonyl (C=O) groups is 1. The third-order valence-electron chi connectivity index (χ3n) is 5.60. The molecule has 5 heteroatoms. The maximum atomic E-state index is 13.8. The summed E-state index contributed by atoms with van der Waals surface area (Å²) in [5.74, 6) is 0.365. The van der Waals surface area contributed by atoms with Crippen molar-refractivity contribution < 1.29 is 13.9 Å². The van der Waals surface area contributed by atoms with Crippen molar-refractivity contribution in [2.24, 2.45) is 0 Å². The number of aryl methyl sites for hydroxylation is 1. The molecule has 0 atom stereocenters. The topological polar surface area (TPSA) is 42.4 Å². The molecule has 0 saturated carbocycles. The molecule has 4 nitrogen and oxygen atoms in total. The maximum absolute atomic E-state index is 13.8. The van der Waals surface area contributed by atoms with Crippen LogP contribution in [0, 0.1) is 12.7 Å². The molecule has 1 amide bonds. The normalized spacial score (nSPS) is 12.7. The predicted molar refractivity (Wildman–Crippen MR) is 121 cm³/mol. The van der Waals surface area contributed by atoms with Crippen molar-refractivity contribution in [3.8, 4) is 22.8 Å². The number of ether oxygens (including phenoxy) is 1. The summed E-state index contributed by atoms with van der Waals surface area (Å²) in [6, 6.07) is 23.6. The molecular formula is C27H21FN2O2. The summed E-state index contributed by atoms with van der Waals surface area (Å²) in [4.78, 5) is 19.3. The van der Waals surface area contributed by atoms with Gasteiger partial charge < -0.3 is 9.64 Å². The van der Waals surface area contributed by atoms with Gasteiger partial charge in [-0.2, -0.15) is 0 Å². The molecule has 0 unspecified atom stereocenters. The van der Waals surface area contributed by atoms with Crippen molar-refractivity contribution in [2.75, 3.05) is 0 Å². The van der Waals surface area contributed by atoms with E-state index in [0.29, 0.717) is 18.8 Å². The molecule has 1 aromatic heterocycles. The largest absolute Gasteiger partial charge is 0.454 e. The molecule has 5 rings (SSSR count). The van der Waals surface area contributed by atoms with Crippen LogP contribution in [0.25, 0.3) is 11.3 Å². The number of hydrogen-bond donors (Lipinski definition) is 0. The molecule has 0 saturated heterocycles. The van der Waals surface area contributed by atoms with Crippen LogP contribution in [0.15, 0.2) is 85.1 Å². The summed E-state index contributed by atoms with van der Waals surface area (Å²) in [5.41, 5.74) is 5.67. The minimum Gasteiger partial charge on any atom is -0.454 e. The van der Waals surface area contributed by atoms with Gasteiger partial charge in [0.25, 0.3) is 5.91 Å². The van der Waals surface area contributed by atoms with Crippen LogP contribution in [0.4, 0.5) is 4.39 Å². The van der Waals surface area contributed by atoms with E-state index >= 15 is 0 Å². The standard InChI is InChI=1S/C27H21FN2O2/c1-18-14-20(24-7-4-5-13-29-24)15-21-17-30(27(31)26(18)21)16-19-9-11-22(12-10-19)32-25-8-3-2-6-23(25)28/h2-15H,16-17H2,1H3. The van der Waals surface area contributed by atoms with Crippen LogP contribution in [-0.2, 0) is 13.1 Å². The molecule has 4 aromatic rings. The van der Waals surface area contributed by atoms with E-state index < -0.39 is 5.82 Å². The molecule has 2 heterocycles. The number of hydrogen-bond acceptors (Lipinski definition) is 3. The Hall–Kier alpha value is -3.99. The Morgan fingerprint density at radius 2 is 1.78 bits per heavy atom. The molecule has 0 spiro atoms. The molecular weight excluding hydrogens is 403 g/mol. The second-order valence-electron chi connectivity index (χ2n) is 7.88. The third-order valence-corrected chi connectivity index (χ3v) is 5.60. The first kappa shape index (κ1) is 19.9. The van der Waals surface area contributed by atoms with E-state index in [0.717, 1.165) is 33.5 Å². The predicted octanol–water partition coefficient (Wildman–Crippen LogP) is 6.14. The Morgan fingerprint density at radius 1 is 1.00 bits per heavy atom. The Bertz CT molecular complexity index is 1290. The zero-order valence-electron chi connectivity index (χ0n) is 17.6. The van der Waals surface area contributed by atoms with Gasteiger partial charge >= 0.3 is 0 Å². The molecule has 0 aliphatic carbocycles. The molecule has 158 valence electrons. The number of halogens is 1. The maximum Gasteiger partial charge on any atom is 0.255 e. The Kier molecular flexibility index (Phi) is 5.15. The number of aromatic nitrogens is 1. The molecule has 0 fully saturated rings. The smallest absolute Gasteiger partial charge is 0.255 e. The number of fused-ring (bicyclic) bond motifs is 1. The second kappa shape index (κ2) is 8.27. The van der Waals surface area contributed by atoms with Gasteiger partial charge in [-0.3, -0.25) is 9.78 Å². The fourth-order valence-electron chi connectivity index (χ4n) is 4.07. The van der Waals surface area contributed by atoms with Crippen LogP contribution in [0.3, 0.4) is 0 Å². The lowest BCUT2D eigenvalue weighted by molar-refractivity contribution is 0.0766. The minimum atomic E-state index is -0.405. The first-order valence-corrected chi connectivity index (χ1v) is 10.4. The van der Waals surface area contributed by atoms with E-state index in [-0.39, 0.29) is 11.7 Å². The highest BCUT2D eigenvalue weighted by molar-refractivity contribution is 6.00. The number of benzene rings is 3. The number of rotatable bonds is 5. The van der Waals surface area contributed by atoms with Gasteiger partial charge in [-0.05, 0) is 72.1 Å². The van der Waals surface area contributed by atoms with Crippen molar-refractivity contribution in [1.29, 1.82) is 0 Å². The fraction of sp³-hybridized carbons (Fsp3) is 0.111. The summed E-state index contributed by atoms with van der Waals surface area (Å²) in [6.45, 7) is 3.02.